The van der Waals surface area contributed by atoms with Crippen LogP contribution in [-0.4, -0.2) is 23.4 Å². The van der Waals surface area contributed by atoms with Gasteiger partial charge in [-0.15, -0.1) is 11.3 Å². The van der Waals surface area contributed by atoms with Crippen LogP contribution in [0.3, 0.4) is 0 Å². The highest BCUT2D eigenvalue weighted by Crippen LogP contribution is 2.40. The molecule has 6 heteroatoms. The summed E-state index contributed by atoms with van der Waals surface area (Å²) in [5.74, 6) is -0.255. The lowest BCUT2D eigenvalue weighted by Crippen LogP contribution is -2.09. The molecule has 2 aromatic carbocycles. The average Bonchev–Trinajstić information content (AvgIpc) is 3.37. The summed E-state index contributed by atoms with van der Waals surface area (Å²) in [6.45, 7) is 2.95. The Morgan fingerprint density at radius 3 is 2.76 bits per heavy atom. The van der Waals surface area contributed by atoms with E-state index in [2.05, 4.69) is 22.9 Å². The van der Waals surface area contributed by atoms with Crippen LogP contribution in [-0.2, 0) is 24.1 Å². The molecule has 0 saturated heterocycles. The minimum Gasteiger partial charge on any atom is -0.462 e. The molecule has 4 aromatic rings. The number of benzene rings is 2. The average molecular weight is 477 g/mol. The van der Waals surface area contributed by atoms with Crippen LogP contribution >= 0.6 is 22.9 Å². The number of aryl methyl sites for hydroxylation is 1. The van der Waals surface area contributed by atoms with Crippen LogP contribution in [0.2, 0.25) is 5.02 Å². The normalized spacial score (nSPS) is 13.5. The molecule has 0 fully saturated rings. The summed E-state index contributed by atoms with van der Waals surface area (Å²) < 4.78 is 7.60. The monoisotopic (exact) mass is 476 g/mol. The molecule has 0 aliphatic heterocycles. The Morgan fingerprint density at radius 2 is 1.94 bits per heavy atom. The summed E-state index contributed by atoms with van der Waals surface area (Å²) in [4.78, 5) is 18.9. The number of carbonyl (C=O) groups excluding carboxylic acids is 1. The van der Waals surface area contributed by atoms with Gasteiger partial charge >= 0.3 is 5.97 Å². The summed E-state index contributed by atoms with van der Waals surface area (Å²) in [5.41, 5.74) is 5.16. The number of aromatic nitrogens is 1. The van der Waals surface area contributed by atoms with Gasteiger partial charge in [-0.2, -0.15) is 0 Å². The van der Waals surface area contributed by atoms with Crippen molar-refractivity contribution in [3.8, 4) is 0 Å². The molecule has 0 N–H and O–H groups in total. The minimum atomic E-state index is -0.255. The molecule has 0 spiro atoms. The predicted octanol–water partition coefficient (Wildman–Crippen LogP) is 7.21. The largest absolute Gasteiger partial charge is 0.462 e. The topological polar surface area (TPSA) is 43.6 Å². The summed E-state index contributed by atoms with van der Waals surface area (Å²) >= 11 is 7.68. The highest BCUT2D eigenvalue weighted by Gasteiger charge is 2.26. The van der Waals surface area contributed by atoms with Crippen LogP contribution in [0.25, 0.3) is 10.9 Å². The number of rotatable bonds is 6. The van der Waals surface area contributed by atoms with Crippen molar-refractivity contribution >= 4 is 51.0 Å². The number of hydrogen-bond acceptors (Lipinski definition) is 4. The van der Waals surface area contributed by atoms with E-state index < -0.39 is 0 Å². The maximum atomic E-state index is 12.8. The van der Waals surface area contributed by atoms with Gasteiger partial charge in [0.25, 0.3) is 0 Å². The molecule has 168 valence electrons. The zero-order chi connectivity index (χ0) is 22.8. The third kappa shape index (κ3) is 4.48. The molecule has 0 amide bonds. The fraction of sp³-hybridized carbons (Fsp3) is 0.259. The number of carbonyl (C=O) groups is 1. The van der Waals surface area contributed by atoms with Crippen molar-refractivity contribution in [2.75, 3.05) is 6.61 Å². The van der Waals surface area contributed by atoms with E-state index in [4.69, 9.17) is 21.3 Å². The maximum absolute atomic E-state index is 12.8. The molecule has 2 heterocycles. The van der Waals surface area contributed by atoms with Gasteiger partial charge in [-0.25, -0.2) is 9.79 Å². The quantitative estimate of drug-likeness (QED) is 0.218. The second-order valence-corrected chi connectivity index (χ2v) is 9.75. The highest BCUT2D eigenvalue weighted by molar-refractivity contribution is 7.16. The van der Waals surface area contributed by atoms with Crippen LogP contribution in [0, 0.1) is 0 Å². The van der Waals surface area contributed by atoms with E-state index in [1.165, 1.54) is 10.4 Å². The fourth-order valence-corrected chi connectivity index (χ4v) is 5.83. The highest BCUT2D eigenvalue weighted by atomic mass is 35.5. The maximum Gasteiger partial charge on any atom is 0.341 e. The lowest BCUT2D eigenvalue weighted by Gasteiger charge is -2.11. The number of hydrogen-bond donors (Lipinski definition) is 0. The van der Waals surface area contributed by atoms with Gasteiger partial charge in [0, 0.05) is 45.3 Å². The Bertz CT molecular complexity index is 1330. The lowest BCUT2D eigenvalue weighted by molar-refractivity contribution is 0.0526. The van der Waals surface area contributed by atoms with E-state index in [9.17, 15) is 4.79 Å². The first-order valence-electron chi connectivity index (χ1n) is 11.3. The van der Waals surface area contributed by atoms with Gasteiger partial charge in [0.2, 0.25) is 0 Å². The van der Waals surface area contributed by atoms with Crippen molar-refractivity contribution in [2.24, 2.45) is 4.99 Å². The molecule has 33 heavy (non-hydrogen) atoms. The third-order valence-corrected chi connectivity index (χ3v) is 7.49. The first-order valence-corrected chi connectivity index (χ1v) is 12.5. The first kappa shape index (κ1) is 21.9. The van der Waals surface area contributed by atoms with Crippen LogP contribution in [0.1, 0.15) is 51.7 Å². The van der Waals surface area contributed by atoms with E-state index in [0.717, 1.165) is 64.3 Å². The van der Waals surface area contributed by atoms with E-state index in [1.54, 1.807) is 11.3 Å². The Balaban J connectivity index is 1.52. The van der Waals surface area contributed by atoms with Gasteiger partial charge in [-0.1, -0.05) is 41.9 Å². The van der Waals surface area contributed by atoms with Crippen molar-refractivity contribution < 1.29 is 9.53 Å². The molecular weight excluding hydrogens is 452 g/mol. The molecule has 5 rings (SSSR count). The van der Waals surface area contributed by atoms with Crippen molar-refractivity contribution in [3.05, 3.63) is 86.9 Å². The van der Waals surface area contributed by atoms with E-state index in [0.29, 0.717) is 12.2 Å². The van der Waals surface area contributed by atoms with Gasteiger partial charge in [0.1, 0.15) is 5.00 Å². The summed E-state index contributed by atoms with van der Waals surface area (Å²) in [7, 11) is 0. The van der Waals surface area contributed by atoms with Crippen molar-refractivity contribution in [2.45, 2.75) is 39.2 Å². The molecule has 0 unspecified atom stereocenters. The first-order chi connectivity index (χ1) is 16.1. The summed E-state index contributed by atoms with van der Waals surface area (Å²) in [5, 5.41) is 2.63. The third-order valence-electron chi connectivity index (χ3n) is 6.04. The van der Waals surface area contributed by atoms with Gasteiger partial charge < -0.3 is 9.30 Å². The van der Waals surface area contributed by atoms with Gasteiger partial charge in [0.15, 0.2) is 0 Å². The van der Waals surface area contributed by atoms with E-state index in [1.807, 2.05) is 49.5 Å². The number of para-hydroxylation sites is 1. The van der Waals surface area contributed by atoms with Crippen molar-refractivity contribution in [1.82, 2.24) is 4.57 Å². The molecule has 0 atom stereocenters. The van der Waals surface area contributed by atoms with Crippen LogP contribution in [0.5, 0.6) is 0 Å². The molecule has 0 saturated carbocycles. The van der Waals surface area contributed by atoms with Crippen molar-refractivity contribution in [3.63, 3.8) is 0 Å². The van der Waals surface area contributed by atoms with Crippen molar-refractivity contribution in [1.29, 1.82) is 0 Å². The molecule has 4 nitrogen and oxygen atoms in total. The zero-order valence-corrected chi connectivity index (χ0v) is 20.1. The van der Waals surface area contributed by atoms with E-state index >= 15 is 0 Å². The second-order valence-electron chi connectivity index (χ2n) is 8.23. The van der Waals surface area contributed by atoms with E-state index in [-0.39, 0.29) is 5.97 Å². The number of halogens is 1. The number of aliphatic imine (C=N–C) groups is 1. The Hall–Kier alpha value is -2.89. The smallest absolute Gasteiger partial charge is 0.341 e. The van der Waals surface area contributed by atoms with Gasteiger partial charge in [0.05, 0.1) is 12.2 Å². The zero-order valence-electron chi connectivity index (χ0n) is 18.5. The number of fused-ring (bicyclic) bond motifs is 2. The standard InChI is InChI=1S/C27H25ClN2O2S/c1-2-32-27(31)25-22-8-4-6-10-24(22)33-26(25)29-15-19-17-30(23-9-5-3-7-21(19)23)16-18-11-13-20(28)14-12-18/h3,5,7,9,11-15,17H,2,4,6,8,10,16H2,1H3. The fourth-order valence-electron chi connectivity index (χ4n) is 4.48. The molecule has 2 aromatic heterocycles. The van der Waals surface area contributed by atoms with Crippen LogP contribution in [0.4, 0.5) is 5.00 Å². The number of ether oxygens (including phenoxy) is 1. The molecule has 1 aliphatic carbocycles. The van der Waals surface area contributed by atoms with Gasteiger partial charge in [-0.3, -0.25) is 0 Å². The number of esters is 1. The second kappa shape index (κ2) is 9.54. The lowest BCUT2D eigenvalue weighted by atomic mass is 9.95. The minimum absolute atomic E-state index is 0.255. The van der Waals surface area contributed by atoms with Crippen LogP contribution < -0.4 is 0 Å². The summed E-state index contributed by atoms with van der Waals surface area (Å²) in [6, 6.07) is 16.3. The van der Waals surface area contributed by atoms with Crippen LogP contribution in [0.15, 0.2) is 59.7 Å². The number of thiophene rings is 1. The summed E-state index contributed by atoms with van der Waals surface area (Å²) in [6.07, 6.45) is 8.23. The molecule has 0 bridgehead atoms. The SMILES string of the molecule is CCOC(=O)c1c(N=Cc2cn(Cc3ccc(Cl)cc3)c3ccccc23)sc2c1CCCC2. The Morgan fingerprint density at radius 1 is 1.15 bits per heavy atom. The molecular formula is C27H25ClN2O2S. The number of nitrogens with zero attached hydrogens (tertiary/aromatic N) is 2. The predicted molar refractivity (Wildman–Crippen MR) is 137 cm³/mol. The van der Waals surface area contributed by atoms with Gasteiger partial charge in [-0.05, 0) is 61.9 Å². The Labute approximate surface area is 202 Å². The molecule has 0 radical (unpaired) electrons. The molecule has 1 aliphatic rings. The Kier molecular flexibility index (Phi) is 6.34.